The van der Waals surface area contributed by atoms with Gasteiger partial charge < -0.3 is 5.32 Å². The van der Waals surface area contributed by atoms with E-state index in [1.807, 2.05) is 11.3 Å². The molecule has 0 radical (unpaired) electrons. The molecule has 0 spiro atoms. The lowest BCUT2D eigenvalue weighted by Crippen LogP contribution is -2.16. The van der Waals surface area contributed by atoms with Crippen LogP contribution in [0.3, 0.4) is 0 Å². The molecule has 2 aliphatic rings. The van der Waals surface area contributed by atoms with E-state index in [2.05, 4.69) is 17.6 Å². The number of hydrogen-bond acceptors (Lipinski definition) is 2. The molecule has 1 atom stereocenters. The summed E-state index contributed by atoms with van der Waals surface area (Å²) in [6.45, 7) is 3.45. The highest BCUT2D eigenvalue weighted by atomic mass is 32.1. The molecule has 1 heterocycles. The fourth-order valence-electron chi connectivity index (χ4n) is 2.67. The van der Waals surface area contributed by atoms with Crippen molar-refractivity contribution in [2.75, 3.05) is 0 Å². The van der Waals surface area contributed by atoms with Crippen LogP contribution in [0.2, 0.25) is 0 Å². The predicted molar refractivity (Wildman–Crippen MR) is 65.5 cm³/mol. The maximum Gasteiger partial charge on any atom is 0.0219 e. The molecule has 1 fully saturated rings. The van der Waals surface area contributed by atoms with Gasteiger partial charge in [-0.2, -0.15) is 0 Å². The van der Waals surface area contributed by atoms with E-state index in [-0.39, 0.29) is 0 Å². The van der Waals surface area contributed by atoms with Gasteiger partial charge in [0.2, 0.25) is 0 Å². The molecule has 82 valence electrons. The Bertz CT molecular complexity index is 351. The minimum Gasteiger partial charge on any atom is -0.310 e. The summed E-state index contributed by atoms with van der Waals surface area (Å²) in [4.78, 5) is 1.68. The molecule has 1 saturated carbocycles. The Morgan fingerprint density at radius 3 is 3.00 bits per heavy atom. The summed E-state index contributed by atoms with van der Waals surface area (Å²) < 4.78 is 0. The summed E-state index contributed by atoms with van der Waals surface area (Å²) in [5, 5.41) is 6.03. The molecule has 2 aliphatic carbocycles. The van der Waals surface area contributed by atoms with E-state index in [9.17, 15) is 0 Å². The molecular weight excluding hydrogens is 202 g/mol. The van der Waals surface area contributed by atoms with Gasteiger partial charge in [-0.15, -0.1) is 11.3 Å². The van der Waals surface area contributed by atoms with E-state index >= 15 is 0 Å². The number of nitrogens with one attached hydrogen (secondary N) is 1. The number of aryl methyl sites for hydroxylation is 1. The number of hydrogen-bond donors (Lipinski definition) is 1. The molecule has 0 saturated heterocycles. The van der Waals surface area contributed by atoms with Crippen LogP contribution < -0.4 is 5.32 Å². The van der Waals surface area contributed by atoms with Crippen LogP contribution in [0.15, 0.2) is 5.38 Å². The van der Waals surface area contributed by atoms with Crippen molar-refractivity contribution >= 4 is 11.3 Å². The van der Waals surface area contributed by atoms with Crippen molar-refractivity contribution < 1.29 is 0 Å². The van der Waals surface area contributed by atoms with Crippen LogP contribution in [0, 0.1) is 0 Å². The van der Waals surface area contributed by atoms with Gasteiger partial charge in [0.05, 0.1) is 0 Å². The minimum absolute atomic E-state index is 0.835. The van der Waals surface area contributed by atoms with Crippen molar-refractivity contribution in [2.45, 2.75) is 57.5 Å². The summed E-state index contributed by atoms with van der Waals surface area (Å²) in [6, 6.07) is 0.835. The zero-order chi connectivity index (χ0) is 10.3. The zero-order valence-corrected chi connectivity index (χ0v) is 10.2. The summed E-state index contributed by atoms with van der Waals surface area (Å²) in [6.07, 6.45) is 6.84. The van der Waals surface area contributed by atoms with Gasteiger partial charge in [-0.1, -0.05) is 6.92 Å². The molecule has 0 aliphatic heterocycles. The molecule has 1 aromatic rings. The third-order valence-electron chi connectivity index (χ3n) is 3.77. The second kappa shape index (κ2) is 3.91. The number of thiophene rings is 1. The van der Waals surface area contributed by atoms with Gasteiger partial charge in [0.1, 0.15) is 0 Å². The SMILES string of the molecule is CCC1CCc2scc(CNC3CC3)c21. The lowest BCUT2D eigenvalue weighted by Gasteiger charge is -2.10. The molecule has 0 amide bonds. The molecule has 3 rings (SSSR count). The van der Waals surface area contributed by atoms with E-state index in [0.29, 0.717) is 0 Å². The monoisotopic (exact) mass is 221 g/mol. The van der Waals surface area contributed by atoms with Crippen LogP contribution in [0.25, 0.3) is 0 Å². The Kier molecular flexibility index (Phi) is 2.57. The molecule has 1 aromatic heterocycles. The van der Waals surface area contributed by atoms with E-state index in [1.54, 1.807) is 16.0 Å². The average Bonchev–Trinajstić information content (AvgIpc) is 2.86. The largest absolute Gasteiger partial charge is 0.310 e. The van der Waals surface area contributed by atoms with Gasteiger partial charge in [-0.05, 0) is 54.5 Å². The molecule has 1 nitrogen and oxygen atoms in total. The molecule has 0 aromatic carbocycles. The minimum atomic E-state index is 0.835. The third kappa shape index (κ3) is 1.85. The Labute approximate surface area is 95.9 Å². The first-order chi connectivity index (χ1) is 7.38. The third-order valence-corrected chi connectivity index (χ3v) is 4.88. The van der Waals surface area contributed by atoms with Gasteiger partial charge >= 0.3 is 0 Å². The zero-order valence-electron chi connectivity index (χ0n) is 9.38. The highest BCUT2D eigenvalue weighted by Gasteiger charge is 2.27. The molecular formula is C13H19NS. The lowest BCUT2D eigenvalue weighted by molar-refractivity contribution is 0.635. The molecule has 2 heteroatoms. The van der Waals surface area contributed by atoms with Gasteiger partial charge in [-0.3, -0.25) is 0 Å². The van der Waals surface area contributed by atoms with Gasteiger partial charge in [0.15, 0.2) is 0 Å². The van der Waals surface area contributed by atoms with Crippen LogP contribution in [-0.2, 0) is 13.0 Å². The molecule has 1 N–H and O–H groups in total. The molecule has 1 unspecified atom stereocenters. The Morgan fingerprint density at radius 2 is 2.27 bits per heavy atom. The fourth-order valence-corrected chi connectivity index (χ4v) is 3.82. The topological polar surface area (TPSA) is 12.0 Å². The Hall–Kier alpha value is -0.340. The van der Waals surface area contributed by atoms with E-state index < -0.39 is 0 Å². The fraction of sp³-hybridized carbons (Fsp3) is 0.692. The van der Waals surface area contributed by atoms with Gasteiger partial charge in [0.25, 0.3) is 0 Å². The van der Waals surface area contributed by atoms with E-state index in [1.165, 1.54) is 32.1 Å². The quantitative estimate of drug-likeness (QED) is 0.821. The maximum atomic E-state index is 3.64. The Morgan fingerprint density at radius 1 is 1.40 bits per heavy atom. The van der Waals surface area contributed by atoms with Gasteiger partial charge in [-0.25, -0.2) is 0 Å². The van der Waals surface area contributed by atoms with Crippen molar-refractivity contribution in [3.05, 3.63) is 21.4 Å². The summed E-state index contributed by atoms with van der Waals surface area (Å²) >= 11 is 1.99. The summed E-state index contributed by atoms with van der Waals surface area (Å²) in [5.41, 5.74) is 3.32. The van der Waals surface area contributed by atoms with E-state index in [4.69, 9.17) is 0 Å². The average molecular weight is 221 g/mol. The first-order valence-electron chi connectivity index (χ1n) is 6.21. The van der Waals surface area contributed by atoms with Crippen LogP contribution in [0.5, 0.6) is 0 Å². The Balaban J connectivity index is 1.76. The number of rotatable bonds is 4. The number of fused-ring (bicyclic) bond motifs is 1. The van der Waals surface area contributed by atoms with Crippen molar-refractivity contribution in [3.63, 3.8) is 0 Å². The first kappa shape index (κ1) is 9.86. The second-order valence-electron chi connectivity index (χ2n) is 4.90. The molecule has 0 bridgehead atoms. The van der Waals surface area contributed by atoms with Crippen LogP contribution >= 0.6 is 11.3 Å². The van der Waals surface area contributed by atoms with Crippen molar-refractivity contribution in [2.24, 2.45) is 0 Å². The summed E-state index contributed by atoms with van der Waals surface area (Å²) in [5.74, 6) is 0.863. The van der Waals surface area contributed by atoms with Gasteiger partial charge in [0, 0.05) is 17.5 Å². The standard InChI is InChI=1S/C13H19NS/c1-2-9-3-6-12-13(9)10(8-15-12)7-14-11-4-5-11/h8-9,11,14H,2-7H2,1H3. The van der Waals surface area contributed by atoms with E-state index in [0.717, 1.165) is 18.5 Å². The predicted octanol–water partition coefficient (Wildman–Crippen LogP) is 3.44. The highest BCUT2D eigenvalue weighted by molar-refractivity contribution is 7.10. The normalized spacial score (nSPS) is 24.5. The van der Waals surface area contributed by atoms with Crippen molar-refractivity contribution in [1.82, 2.24) is 5.32 Å². The smallest absolute Gasteiger partial charge is 0.0219 e. The van der Waals surface area contributed by atoms with Crippen molar-refractivity contribution in [1.29, 1.82) is 0 Å². The van der Waals surface area contributed by atoms with Crippen LogP contribution in [0.1, 0.15) is 54.5 Å². The molecule has 15 heavy (non-hydrogen) atoms. The highest BCUT2D eigenvalue weighted by Crippen LogP contribution is 2.41. The second-order valence-corrected chi connectivity index (χ2v) is 5.86. The first-order valence-corrected chi connectivity index (χ1v) is 7.09. The maximum absolute atomic E-state index is 3.64. The lowest BCUT2D eigenvalue weighted by atomic mass is 9.97. The van der Waals surface area contributed by atoms with Crippen LogP contribution in [0.4, 0.5) is 0 Å². The van der Waals surface area contributed by atoms with Crippen molar-refractivity contribution in [3.8, 4) is 0 Å². The summed E-state index contributed by atoms with van der Waals surface area (Å²) in [7, 11) is 0. The van der Waals surface area contributed by atoms with Crippen LogP contribution in [-0.4, -0.2) is 6.04 Å².